The van der Waals surface area contributed by atoms with Gasteiger partial charge in [-0.2, -0.15) is 0 Å². The molecule has 1 aliphatic rings. The lowest BCUT2D eigenvalue weighted by atomic mass is 9.86. The van der Waals surface area contributed by atoms with E-state index in [9.17, 15) is 19.8 Å². The zero-order chi connectivity index (χ0) is 21.7. The summed E-state index contributed by atoms with van der Waals surface area (Å²) in [5.41, 5.74) is 4.39. The monoisotopic (exact) mass is 402 g/mol. The van der Waals surface area contributed by atoms with Crippen LogP contribution in [-0.2, 0) is 22.4 Å². The van der Waals surface area contributed by atoms with Crippen molar-refractivity contribution in [1.82, 2.24) is 0 Å². The second-order valence-corrected chi connectivity index (χ2v) is 9.75. The van der Waals surface area contributed by atoms with Gasteiger partial charge in [-0.05, 0) is 101 Å². The third-order valence-electron chi connectivity index (χ3n) is 6.80. The number of benzene rings is 1. The number of hydrogen-bond donors (Lipinski definition) is 2. The number of aliphatic carboxylic acids is 2. The summed E-state index contributed by atoms with van der Waals surface area (Å²) in [6, 6.07) is 4.61. The van der Waals surface area contributed by atoms with Crippen molar-refractivity contribution in [2.75, 3.05) is 0 Å². The third-order valence-corrected chi connectivity index (χ3v) is 6.80. The van der Waals surface area contributed by atoms with Gasteiger partial charge in [-0.25, -0.2) is 0 Å². The predicted octanol–water partition coefficient (Wildman–Crippen LogP) is 6.09. The summed E-state index contributed by atoms with van der Waals surface area (Å²) in [5, 5.41) is 18.5. The largest absolute Gasteiger partial charge is 0.481 e. The van der Waals surface area contributed by atoms with E-state index >= 15 is 0 Å². The number of unbranched alkanes of at least 4 members (excludes halogenated alkanes) is 3. The van der Waals surface area contributed by atoms with Crippen molar-refractivity contribution in [2.45, 2.75) is 98.3 Å². The van der Waals surface area contributed by atoms with Crippen molar-refractivity contribution >= 4 is 11.9 Å². The number of hydrogen-bond acceptors (Lipinski definition) is 2. The second-order valence-electron chi connectivity index (χ2n) is 9.75. The van der Waals surface area contributed by atoms with E-state index in [0.717, 1.165) is 64.2 Å². The maximum atomic E-state index is 11.3. The normalized spacial score (nSPS) is 15.3. The maximum Gasteiger partial charge on any atom is 0.309 e. The molecule has 2 rings (SSSR count). The number of rotatable bonds is 13. The van der Waals surface area contributed by atoms with Crippen molar-refractivity contribution in [3.8, 4) is 0 Å². The lowest BCUT2D eigenvalue weighted by molar-refractivity contribution is -0.147. The molecule has 2 N–H and O–H groups in total. The van der Waals surface area contributed by atoms with Crippen molar-refractivity contribution < 1.29 is 19.8 Å². The highest BCUT2D eigenvalue weighted by atomic mass is 16.4. The fourth-order valence-corrected chi connectivity index (χ4v) is 4.07. The van der Waals surface area contributed by atoms with Crippen LogP contribution in [0.25, 0.3) is 0 Å². The maximum absolute atomic E-state index is 11.3. The van der Waals surface area contributed by atoms with E-state index in [4.69, 9.17) is 0 Å². The van der Waals surface area contributed by atoms with Crippen LogP contribution in [0.15, 0.2) is 12.1 Å². The van der Waals surface area contributed by atoms with Gasteiger partial charge in [0.1, 0.15) is 0 Å². The summed E-state index contributed by atoms with van der Waals surface area (Å²) >= 11 is 0. The molecular weight excluding hydrogens is 364 g/mol. The van der Waals surface area contributed by atoms with E-state index in [-0.39, 0.29) is 0 Å². The van der Waals surface area contributed by atoms with Gasteiger partial charge >= 0.3 is 11.9 Å². The van der Waals surface area contributed by atoms with Crippen LogP contribution >= 0.6 is 0 Å². The molecule has 0 saturated heterocycles. The molecule has 162 valence electrons. The smallest absolute Gasteiger partial charge is 0.309 e. The molecule has 0 amide bonds. The van der Waals surface area contributed by atoms with Gasteiger partial charge in [-0.1, -0.05) is 31.4 Å². The van der Waals surface area contributed by atoms with E-state index in [1.165, 1.54) is 22.3 Å². The Morgan fingerprint density at radius 2 is 1.41 bits per heavy atom. The Morgan fingerprint density at radius 1 is 0.897 bits per heavy atom. The molecule has 4 heteroatoms. The standard InChI is InChI=1S/C25H38O4/c1-18-16-20(10-6-5-8-13-25(14-15-25)23(28)29)21(17-19(18)2)11-7-9-12-24(3,4)22(26)27/h16-17H,5-15H2,1-4H3,(H,26,27)(H,28,29). The SMILES string of the molecule is Cc1cc(CCCCCC2(C(=O)O)CC2)c(CCCCC(C)(C)C(=O)O)cc1C. The molecule has 0 unspecified atom stereocenters. The average Bonchev–Trinajstić information content (AvgIpc) is 3.43. The van der Waals surface area contributed by atoms with Gasteiger partial charge in [0, 0.05) is 0 Å². The summed E-state index contributed by atoms with van der Waals surface area (Å²) in [7, 11) is 0. The quantitative estimate of drug-likeness (QED) is 0.391. The minimum absolute atomic E-state index is 0.394. The third kappa shape index (κ3) is 6.58. The van der Waals surface area contributed by atoms with Crippen LogP contribution in [0.4, 0.5) is 0 Å². The minimum Gasteiger partial charge on any atom is -0.481 e. The number of carbonyl (C=O) groups is 2. The molecule has 1 aromatic rings. The highest BCUT2D eigenvalue weighted by Gasteiger charge is 2.49. The van der Waals surface area contributed by atoms with Gasteiger partial charge < -0.3 is 10.2 Å². The zero-order valence-corrected chi connectivity index (χ0v) is 18.6. The fourth-order valence-electron chi connectivity index (χ4n) is 4.07. The van der Waals surface area contributed by atoms with Gasteiger partial charge in [0.05, 0.1) is 10.8 Å². The van der Waals surface area contributed by atoms with Crippen LogP contribution < -0.4 is 0 Å². The van der Waals surface area contributed by atoms with Crippen LogP contribution in [0.1, 0.15) is 93.9 Å². The molecule has 1 aliphatic carbocycles. The highest BCUT2D eigenvalue weighted by molar-refractivity contribution is 5.77. The van der Waals surface area contributed by atoms with Gasteiger partial charge in [0.15, 0.2) is 0 Å². The lowest BCUT2D eigenvalue weighted by Gasteiger charge is -2.19. The number of carboxylic acid groups (broad SMARTS) is 2. The molecule has 0 heterocycles. The summed E-state index contributed by atoms with van der Waals surface area (Å²) in [6.07, 6.45) is 10.4. The second kappa shape index (κ2) is 9.77. The van der Waals surface area contributed by atoms with Gasteiger partial charge in [0.25, 0.3) is 0 Å². The van der Waals surface area contributed by atoms with Crippen LogP contribution in [0, 0.1) is 24.7 Å². The first-order valence-corrected chi connectivity index (χ1v) is 11.1. The Morgan fingerprint density at radius 3 is 1.86 bits per heavy atom. The predicted molar refractivity (Wildman–Crippen MR) is 116 cm³/mol. The van der Waals surface area contributed by atoms with E-state index < -0.39 is 22.8 Å². The molecule has 0 spiro atoms. The van der Waals surface area contributed by atoms with Crippen LogP contribution in [-0.4, -0.2) is 22.2 Å². The fraction of sp³-hybridized carbons (Fsp3) is 0.680. The number of aryl methyl sites for hydroxylation is 4. The first kappa shape index (κ1) is 23.4. The first-order chi connectivity index (χ1) is 13.6. The molecule has 0 aromatic heterocycles. The molecule has 1 fully saturated rings. The van der Waals surface area contributed by atoms with Crippen LogP contribution in [0.2, 0.25) is 0 Å². The van der Waals surface area contributed by atoms with Gasteiger partial charge in [-0.15, -0.1) is 0 Å². The zero-order valence-electron chi connectivity index (χ0n) is 18.6. The molecule has 29 heavy (non-hydrogen) atoms. The van der Waals surface area contributed by atoms with Crippen molar-refractivity contribution in [1.29, 1.82) is 0 Å². The topological polar surface area (TPSA) is 74.6 Å². The average molecular weight is 403 g/mol. The molecule has 0 atom stereocenters. The van der Waals surface area contributed by atoms with E-state index in [0.29, 0.717) is 6.42 Å². The van der Waals surface area contributed by atoms with Crippen LogP contribution in [0.3, 0.4) is 0 Å². The Labute approximate surface area is 175 Å². The number of carboxylic acids is 2. The molecule has 1 aromatic carbocycles. The summed E-state index contributed by atoms with van der Waals surface area (Å²) in [6.45, 7) is 7.90. The van der Waals surface area contributed by atoms with E-state index in [2.05, 4.69) is 26.0 Å². The van der Waals surface area contributed by atoms with Crippen molar-refractivity contribution in [3.05, 3.63) is 34.4 Å². The van der Waals surface area contributed by atoms with Gasteiger partial charge in [0.2, 0.25) is 0 Å². The highest BCUT2D eigenvalue weighted by Crippen LogP contribution is 2.50. The summed E-state index contributed by atoms with van der Waals surface area (Å²) in [5.74, 6) is -1.33. The first-order valence-electron chi connectivity index (χ1n) is 11.1. The lowest BCUT2D eigenvalue weighted by Crippen LogP contribution is -2.23. The molecular formula is C25H38O4. The van der Waals surface area contributed by atoms with Crippen molar-refractivity contribution in [2.24, 2.45) is 10.8 Å². The van der Waals surface area contributed by atoms with Crippen LogP contribution in [0.5, 0.6) is 0 Å². The van der Waals surface area contributed by atoms with Gasteiger partial charge in [-0.3, -0.25) is 9.59 Å². The Kier molecular flexibility index (Phi) is 7.90. The van der Waals surface area contributed by atoms with E-state index in [1.807, 2.05) is 0 Å². The molecule has 0 radical (unpaired) electrons. The Hall–Kier alpha value is -1.84. The van der Waals surface area contributed by atoms with Crippen molar-refractivity contribution in [3.63, 3.8) is 0 Å². The Bertz CT molecular complexity index is 729. The Balaban J connectivity index is 1.83. The molecule has 1 saturated carbocycles. The molecule has 0 bridgehead atoms. The summed E-state index contributed by atoms with van der Waals surface area (Å²) in [4.78, 5) is 22.5. The van der Waals surface area contributed by atoms with E-state index in [1.54, 1.807) is 13.8 Å². The minimum atomic E-state index is -0.722. The molecule has 0 aliphatic heterocycles. The molecule has 4 nitrogen and oxygen atoms in total. The summed E-state index contributed by atoms with van der Waals surface area (Å²) < 4.78 is 0.